The molecule has 0 atom stereocenters. The van der Waals surface area contributed by atoms with E-state index in [-0.39, 0.29) is 0 Å². The van der Waals surface area contributed by atoms with Gasteiger partial charge in [0.05, 0.1) is 17.2 Å². The van der Waals surface area contributed by atoms with Crippen LogP contribution >= 0.6 is 11.6 Å². The Bertz CT molecular complexity index is 1190. The van der Waals surface area contributed by atoms with Gasteiger partial charge in [-0.3, -0.25) is 0 Å². The Balaban J connectivity index is 1.65. The number of nitrogens with zero attached hydrogens (tertiary/aromatic N) is 3. The fourth-order valence-electron chi connectivity index (χ4n) is 3.82. The molecule has 152 valence electrons. The van der Waals surface area contributed by atoms with Gasteiger partial charge >= 0.3 is 0 Å². The van der Waals surface area contributed by atoms with Gasteiger partial charge in [0.15, 0.2) is 0 Å². The lowest BCUT2D eigenvalue weighted by Gasteiger charge is -2.16. The van der Waals surface area contributed by atoms with E-state index in [4.69, 9.17) is 16.3 Å². The number of hydrogen-bond acceptors (Lipinski definition) is 2. The van der Waals surface area contributed by atoms with Crippen LogP contribution in [-0.2, 0) is 18.5 Å². The number of fused-ring (bicyclic) bond motifs is 2. The van der Waals surface area contributed by atoms with Gasteiger partial charge in [0.1, 0.15) is 11.9 Å². The molecule has 3 aromatic heterocycles. The minimum absolute atomic E-state index is 0.521. The fourth-order valence-corrected chi connectivity index (χ4v) is 4.74. The summed E-state index contributed by atoms with van der Waals surface area (Å²) in [7, 11) is 1.02. The molecule has 0 N–H and O–H groups in total. The third kappa shape index (κ3) is 3.99. The Hall–Kier alpha value is -2.08. The number of aromatic nitrogens is 3. The molecule has 0 aliphatic heterocycles. The van der Waals surface area contributed by atoms with Gasteiger partial charge in [-0.2, -0.15) is 0 Å². The molecule has 4 nitrogen and oxygen atoms in total. The van der Waals surface area contributed by atoms with Gasteiger partial charge in [0.25, 0.3) is 0 Å². The molecule has 3 heterocycles. The number of rotatable bonds is 6. The van der Waals surface area contributed by atoms with Gasteiger partial charge in [0, 0.05) is 50.0 Å². The van der Waals surface area contributed by atoms with Crippen molar-refractivity contribution in [1.29, 1.82) is 0 Å². The zero-order valence-electron chi connectivity index (χ0n) is 17.8. The molecule has 0 aliphatic carbocycles. The largest absolute Gasteiger partial charge is 0.361 e. The average Bonchev–Trinajstić information content (AvgIpc) is 3.20. The van der Waals surface area contributed by atoms with E-state index in [1.54, 1.807) is 0 Å². The highest BCUT2D eigenvalue weighted by molar-refractivity contribution is 6.76. The van der Waals surface area contributed by atoms with Crippen LogP contribution in [0.1, 0.15) is 5.56 Å². The molecule has 0 aliphatic rings. The van der Waals surface area contributed by atoms with E-state index in [9.17, 15) is 0 Å². The molecule has 6 heteroatoms. The van der Waals surface area contributed by atoms with Gasteiger partial charge in [0.2, 0.25) is 0 Å². The molecule has 1 aromatic carbocycles. The van der Waals surface area contributed by atoms with Crippen molar-refractivity contribution in [2.75, 3.05) is 6.61 Å². The normalized spacial score (nSPS) is 12.3. The standard InChI is InChI=1S/C23H28ClN3OSi/c1-16-18(21-12-17-13-23(24)25-14-22(17)26(21)2)6-7-20-19(16)8-9-27(20)15-28-10-11-29(3,4)5/h6-9,12-14H,10-11,15H2,1-5H3. The van der Waals surface area contributed by atoms with Crippen molar-refractivity contribution in [1.82, 2.24) is 14.1 Å². The van der Waals surface area contributed by atoms with Gasteiger partial charge in [-0.05, 0) is 42.8 Å². The molecular weight excluding hydrogens is 398 g/mol. The van der Waals surface area contributed by atoms with Crippen molar-refractivity contribution >= 4 is 41.5 Å². The van der Waals surface area contributed by atoms with Crippen LogP contribution < -0.4 is 0 Å². The second-order valence-corrected chi connectivity index (χ2v) is 15.0. The first-order valence-corrected chi connectivity index (χ1v) is 14.1. The Labute approximate surface area is 178 Å². The first kappa shape index (κ1) is 20.2. The minimum Gasteiger partial charge on any atom is -0.361 e. The summed E-state index contributed by atoms with van der Waals surface area (Å²) in [6.45, 7) is 10.8. The average molecular weight is 426 g/mol. The first-order chi connectivity index (χ1) is 13.7. The molecule has 0 bridgehead atoms. The Kier molecular flexibility index (Phi) is 5.32. The zero-order valence-corrected chi connectivity index (χ0v) is 19.5. The summed E-state index contributed by atoms with van der Waals surface area (Å²) in [5.74, 6) is 0. The van der Waals surface area contributed by atoms with Crippen molar-refractivity contribution < 1.29 is 4.74 Å². The summed E-state index contributed by atoms with van der Waals surface area (Å²) < 4.78 is 10.3. The summed E-state index contributed by atoms with van der Waals surface area (Å²) in [4.78, 5) is 4.23. The number of hydrogen-bond donors (Lipinski definition) is 0. The third-order valence-corrected chi connectivity index (χ3v) is 7.53. The van der Waals surface area contributed by atoms with Crippen molar-refractivity contribution in [3.63, 3.8) is 0 Å². The highest BCUT2D eigenvalue weighted by Crippen LogP contribution is 2.34. The first-order valence-electron chi connectivity index (χ1n) is 10.0. The molecule has 4 rings (SSSR count). The highest BCUT2D eigenvalue weighted by Gasteiger charge is 2.15. The molecule has 0 spiro atoms. The van der Waals surface area contributed by atoms with E-state index in [1.807, 2.05) is 12.3 Å². The lowest BCUT2D eigenvalue weighted by Crippen LogP contribution is -2.21. The van der Waals surface area contributed by atoms with Crippen LogP contribution in [-0.4, -0.2) is 28.8 Å². The van der Waals surface area contributed by atoms with E-state index < -0.39 is 8.07 Å². The molecule has 0 unspecified atom stereocenters. The van der Waals surface area contributed by atoms with E-state index >= 15 is 0 Å². The molecule has 4 aromatic rings. The molecular formula is C23H28ClN3OSi. The second kappa shape index (κ2) is 7.63. The maximum atomic E-state index is 6.08. The predicted molar refractivity (Wildman–Crippen MR) is 125 cm³/mol. The topological polar surface area (TPSA) is 32.0 Å². The van der Waals surface area contributed by atoms with Crippen molar-refractivity contribution in [3.05, 3.63) is 53.4 Å². The quantitative estimate of drug-likeness (QED) is 0.201. The smallest absolute Gasteiger partial charge is 0.129 e. The maximum Gasteiger partial charge on any atom is 0.129 e. The lowest BCUT2D eigenvalue weighted by molar-refractivity contribution is 0.0902. The molecule has 29 heavy (non-hydrogen) atoms. The number of benzene rings is 1. The molecule has 0 saturated carbocycles. The van der Waals surface area contributed by atoms with E-state index in [2.05, 4.69) is 78.2 Å². The van der Waals surface area contributed by atoms with Crippen LogP contribution in [0.25, 0.3) is 33.1 Å². The van der Waals surface area contributed by atoms with Crippen LogP contribution in [0, 0.1) is 6.92 Å². The van der Waals surface area contributed by atoms with Crippen molar-refractivity contribution in [2.24, 2.45) is 7.05 Å². The van der Waals surface area contributed by atoms with Crippen LogP contribution in [0.3, 0.4) is 0 Å². The zero-order chi connectivity index (χ0) is 20.8. The Morgan fingerprint density at radius 1 is 1.10 bits per heavy atom. The van der Waals surface area contributed by atoms with Gasteiger partial charge in [-0.15, -0.1) is 0 Å². The maximum absolute atomic E-state index is 6.08. The number of aryl methyl sites for hydroxylation is 2. The number of ether oxygens (including phenoxy) is 1. The summed E-state index contributed by atoms with van der Waals surface area (Å²) in [5.41, 5.74) is 5.96. The van der Waals surface area contributed by atoms with Crippen LogP contribution in [0.4, 0.5) is 0 Å². The Morgan fingerprint density at radius 2 is 1.90 bits per heavy atom. The third-order valence-electron chi connectivity index (χ3n) is 5.62. The van der Waals surface area contributed by atoms with Gasteiger partial charge in [-0.25, -0.2) is 4.98 Å². The molecule has 0 fully saturated rings. The van der Waals surface area contributed by atoms with Crippen molar-refractivity contribution in [2.45, 2.75) is 39.3 Å². The lowest BCUT2D eigenvalue weighted by atomic mass is 10.0. The van der Waals surface area contributed by atoms with Gasteiger partial charge < -0.3 is 13.9 Å². The van der Waals surface area contributed by atoms with E-state index in [0.717, 1.165) is 17.5 Å². The monoisotopic (exact) mass is 425 g/mol. The summed E-state index contributed by atoms with van der Waals surface area (Å²) in [5, 5.41) is 2.89. The van der Waals surface area contributed by atoms with Gasteiger partial charge in [-0.1, -0.05) is 37.3 Å². The van der Waals surface area contributed by atoms with Crippen molar-refractivity contribution in [3.8, 4) is 11.3 Å². The van der Waals surface area contributed by atoms with Crippen LogP contribution in [0.5, 0.6) is 0 Å². The van der Waals surface area contributed by atoms with Crippen LogP contribution in [0.2, 0.25) is 30.8 Å². The molecule has 0 amide bonds. The van der Waals surface area contributed by atoms with E-state index in [1.165, 1.54) is 33.8 Å². The summed E-state index contributed by atoms with van der Waals surface area (Å²) in [6, 6.07) is 11.9. The molecule has 0 saturated heterocycles. The number of pyridine rings is 1. The second-order valence-electron chi connectivity index (χ2n) is 8.96. The van der Waals surface area contributed by atoms with Crippen LogP contribution in [0.15, 0.2) is 42.7 Å². The number of halogens is 1. The summed E-state index contributed by atoms with van der Waals surface area (Å²) in [6.07, 6.45) is 3.96. The van der Waals surface area contributed by atoms with E-state index in [0.29, 0.717) is 11.9 Å². The fraction of sp³-hybridized carbons (Fsp3) is 0.348. The summed E-state index contributed by atoms with van der Waals surface area (Å²) >= 11 is 6.08. The highest BCUT2D eigenvalue weighted by atomic mass is 35.5. The SMILES string of the molecule is Cc1c(-c2cc3cc(Cl)ncc3n2C)ccc2c1ccn2COCC[Si](C)(C)C. The predicted octanol–water partition coefficient (Wildman–Crippen LogP) is 6.47. The Morgan fingerprint density at radius 3 is 2.66 bits per heavy atom. The molecule has 0 radical (unpaired) electrons. The minimum atomic E-state index is -1.06.